The molecule has 1 N–H and O–H groups in total. The Kier molecular flexibility index (Phi) is 5.87. The number of methoxy groups -OCH3 is 1. The summed E-state index contributed by atoms with van der Waals surface area (Å²) in [5, 5.41) is 2.73. The Hall–Kier alpha value is -1.88. The van der Waals surface area contributed by atoms with Crippen molar-refractivity contribution in [3.8, 4) is 0 Å². The predicted molar refractivity (Wildman–Crippen MR) is 70.0 cm³/mol. The van der Waals surface area contributed by atoms with Gasteiger partial charge in [-0.25, -0.2) is 0 Å². The summed E-state index contributed by atoms with van der Waals surface area (Å²) in [5.74, 6) is -0.102. The average Bonchev–Trinajstić information content (AvgIpc) is 2.39. The number of nitrogens with one attached hydrogen (secondary N) is 1. The lowest BCUT2D eigenvalue weighted by molar-refractivity contribution is -0.119. The highest BCUT2D eigenvalue weighted by molar-refractivity contribution is 5.87. The van der Waals surface area contributed by atoms with Gasteiger partial charge in [-0.1, -0.05) is 12.1 Å². The third-order valence-corrected chi connectivity index (χ3v) is 2.48. The van der Waals surface area contributed by atoms with Crippen LogP contribution >= 0.6 is 0 Å². The summed E-state index contributed by atoms with van der Waals surface area (Å²) in [5.41, 5.74) is 1.32. The molecule has 0 atom stereocenters. The Morgan fingerprint density at radius 1 is 1.44 bits per heavy atom. The average molecular weight is 250 g/mol. The molecule has 98 valence electrons. The van der Waals surface area contributed by atoms with Crippen molar-refractivity contribution in [3.05, 3.63) is 29.8 Å². The van der Waals surface area contributed by atoms with Gasteiger partial charge in [-0.15, -0.1) is 0 Å². The van der Waals surface area contributed by atoms with Gasteiger partial charge in [0.2, 0.25) is 5.91 Å². The van der Waals surface area contributed by atoms with Crippen LogP contribution in [0.3, 0.4) is 0 Å². The molecule has 0 saturated heterocycles. The van der Waals surface area contributed by atoms with Gasteiger partial charge in [-0.3, -0.25) is 9.59 Å². The van der Waals surface area contributed by atoms with E-state index in [0.717, 1.165) is 12.0 Å². The molecule has 0 radical (unpaired) electrons. The predicted octanol–water partition coefficient (Wildman–Crippen LogP) is 0.698. The van der Waals surface area contributed by atoms with Gasteiger partial charge in [-0.05, 0) is 12.1 Å². The minimum absolute atomic E-state index is 0.102. The van der Waals surface area contributed by atoms with Crippen molar-refractivity contribution in [2.24, 2.45) is 0 Å². The highest BCUT2D eigenvalue weighted by Crippen LogP contribution is 2.16. The summed E-state index contributed by atoms with van der Waals surface area (Å²) in [4.78, 5) is 24.2. The Morgan fingerprint density at radius 2 is 2.17 bits per heavy atom. The van der Waals surface area contributed by atoms with Crippen molar-refractivity contribution < 1.29 is 14.3 Å². The van der Waals surface area contributed by atoms with Gasteiger partial charge in [0.1, 0.15) is 0 Å². The van der Waals surface area contributed by atoms with E-state index in [1.54, 1.807) is 31.2 Å². The van der Waals surface area contributed by atoms with E-state index < -0.39 is 0 Å². The summed E-state index contributed by atoms with van der Waals surface area (Å²) in [7, 11) is 3.36. The minimum Gasteiger partial charge on any atom is -0.383 e. The van der Waals surface area contributed by atoms with Crippen molar-refractivity contribution in [1.82, 2.24) is 5.32 Å². The molecule has 1 rings (SSSR count). The highest BCUT2D eigenvalue weighted by atomic mass is 16.5. The van der Waals surface area contributed by atoms with E-state index in [1.165, 1.54) is 0 Å². The number of carbonyl (C=O) groups is 2. The van der Waals surface area contributed by atoms with Gasteiger partial charge in [0, 0.05) is 32.0 Å². The molecule has 18 heavy (non-hydrogen) atoms. The Bertz CT molecular complexity index is 407. The van der Waals surface area contributed by atoms with E-state index in [9.17, 15) is 9.59 Å². The third-order valence-electron chi connectivity index (χ3n) is 2.48. The first-order valence-corrected chi connectivity index (χ1v) is 5.70. The second-order valence-corrected chi connectivity index (χ2v) is 3.88. The number of carbonyl (C=O) groups excluding carboxylic acids is 2. The highest BCUT2D eigenvalue weighted by Gasteiger charge is 2.09. The summed E-state index contributed by atoms with van der Waals surface area (Å²) in [6.45, 7) is 1.17. The summed E-state index contributed by atoms with van der Waals surface area (Å²) < 4.78 is 4.84. The first kappa shape index (κ1) is 14.2. The summed E-state index contributed by atoms with van der Waals surface area (Å²) in [6.07, 6.45) is 0.786. The molecule has 0 unspecified atom stereocenters. The number of hydrogen-bond acceptors (Lipinski definition) is 4. The molecule has 0 saturated carbocycles. The van der Waals surface area contributed by atoms with Crippen LogP contribution in [0.4, 0.5) is 5.69 Å². The SMILES string of the molecule is COCCNC(=O)CN(C)c1ccccc1C=O. The van der Waals surface area contributed by atoms with Crippen molar-refractivity contribution in [2.75, 3.05) is 38.8 Å². The first-order chi connectivity index (χ1) is 8.69. The molecule has 0 aromatic heterocycles. The molecule has 0 aliphatic carbocycles. The first-order valence-electron chi connectivity index (χ1n) is 5.70. The molecular formula is C13H18N2O3. The van der Waals surface area contributed by atoms with E-state index in [2.05, 4.69) is 5.32 Å². The molecule has 5 nitrogen and oxygen atoms in total. The topological polar surface area (TPSA) is 58.6 Å². The van der Waals surface area contributed by atoms with Gasteiger partial charge in [0.05, 0.1) is 13.2 Å². The fourth-order valence-corrected chi connectivity index (χ4v) is 1.58. The monoisotopic (exact) mass is 250 g/mol. The van der Waals surface area contributed by atoms with Crippen molar-refractivity contribution in [3.63, 3.8) is 0 Å². The fraction of sp³-hybridized carbons (Fsp3) is 0.385. The lowest BCUT2D eigenvalue weighted by Gasteiger charge is -2.20. The maximum Gasteiger partial charge on any atom is 0.239 e. The molecule has 0 aliphatic heterocycles. The molecule has 5 heteroatoms. The number of aldehydes is 1. The van der Waals surface area contributed by atoms with Crippen LogP contribution < -0.4 is 10.2 Å². The van der Waals surface area contributed by atoms with Crippen molar-refractivity contribution in [2.45, 2.75) is 0 Å². The maximum atomic E-state index is 11.6. The Labute approximate surface area is 107 Å². The fourth-order valence-electron chi connectivity index (χ4n) is 1.58. The van der Waals surface area contributed by atoms with Gasteiger partial charge < -0.3 is 15.0 Å². The van der Waals surface area contributed by atoms with E-state index in [-0.39, 0.29) is 12.5 Å². The third kappa shape index (κ3) is 4.18. The standard InChI is InChI=1S/C13H18N2O3/c1-15(9-13(17)14-7-8-18-2)12-6-4-3-5-11(12)10-16/h3-6,10H,7-9H2,1-2H3,(H,14,17). The van der Waals surface area contributed by atoms with Crippen LogP contribution in [0.25, 0.3) is 0 Å². The zero-order valence-electron chi connectivity index (χ0n) is 10.7. The zero-order chi connectivity index (χ0) is 13.4. The van der Waals surface area contributed by atoms with Crippen LogP contribution in [0.1, 0.15) is 10.4 Å². The normalized spacial score (nSPS) is 9.89. The Morgan fingerprint density at radius 3 is 2.83 bits per heavy atom. The van der Waals surface area contributed by atoms with E-state index >= 15 is 0 Å². The quantitative estimate of drug-likeness (QED) is 0.571. The molecule has 1 aromatic rings. The molecule has 1 amide bonds. The molecule has 0 bridgehead atoms. The number of hydrogen-bond donors (Lipinski definition) is 1. The van der Waals surface area contributed by atoms with E-state index in [1.807, 2.05) is 12.1 Å². The minimum atomic E-state index is -0.102. The van der Waals surface area contributed by atoms with E-state index in [4.69, 9.17) is 4.74 Å². The summed E-state index contributed by atoms with van der Waals surface area (Å²) in [6, 6.07) is 7.16. The zero-order valence-corrected chi connectivity index (χ0v) is 10.7. The molecule has 0 heterocycles. The van der Waals surface area contributed by atoms with Gasteiger partial charge in [0.15, 0.2) is 6.29 Å². The van der Waals surface area contributed by atoms with Gasteiger partial charge >= 0.3 is 0 Å². The number of nitrogens with zero attached hydrogens (tertiary/aromatic N) is 1. The van der Waals surface area contributed by atoms with Crippen molar-refractivity contribution >= 4 is 17.9 Å². The number of amides is 1. The van der Waals surface area contributed by atoms with Gasteiger partial charge in [-0.2, -0.15) is 0 Å². The summed E-state index contributed by atoms with van der Waals surface area (Å²) >= 11 is 0. The number of rotatable bonds is 7. The number of ether oxygens (including phenoxy) is 1. The van der Waals surface area contributed by atoms with E-state index in [0.29, 0.717) is 18.7 Å². The number of benzene rings is 1. The van der Waals surface area contributed by atoms with Gasteiger partial charge in [0.25, 0.3) is 0 Å². The number of likely N-dealkylation sites (N-methyl/N-ethyl adjacent to an activating group) is 1. The lowest BCUT2D eigenvalue weighted by Crippen LogP contribution is -2.36. The number of anilines is 1. The van der Waals surface area contributed by atoms with Crippen LogP contribution in [0, 0.1) is 0 Å². The molecule has 0 fully saturated rings. The molecule has 1 aromatic carbocycles. The van der Waals surface area contributed by atoms with Crippen LogP contribution in [-0.4, -0.2) is 46.0 Å². The maximum absolute atomic E-state index is 11.6. The largest absolute Gasteiger partial charge is 0.383 e. The van der Waals surface area contributed by atoms with Crippen molar-refractivity contribution in [1.29, 1.82) is 0 Å². The second-order valence-electron chi connectivity index (χ2n) is 3.88. The second kappa shape index (κ2) is 7.45. The molecule has 0 spiro atoms. The smallest absolute Gasteiger partial charge is 0.239 e. The molecular weight excluding hydrogens is 232 g/mol. The Balaban J connectivity index is 2.56. The number of para-hydroxylation sites is 1. The van der Waals surface area contributed by atoms with Crippen LogP contribution in [0.2, 0.25) is 0 Å². The van der Waals surface area contributed by atoms with Crippen LogP contribution in [0.5, 0.6) is 0 Å². The lowest BCUT2D eigenvalue weighted by atomic mass is 10.2. The molecule has 0 aliphatic rings. The van der Waals surface area contributed by atoms with Crippen LogP contribution in [0.15, 0.2) is 24.3 Å². The van der Waals surface area contributed by atoms with Crippen LogP contribution in [-0.2, 0) is 9.53 Å².